The number of hydrogen-bond acceptors (Lipinski definition) is 5. The predicted molar refractivity (Wildman–Crippen MR) is 93.8 cm³/mol. The van der Waals surface area contributed by atoms with E-state index in [2.05, 4.69) is 35.3 Å². The van der Waals surface area contributed by atoms with E-state index in [9.17, 15) is 0 Å². The van der Waals surface area contributed by atoms with Crippen LogP contribution in [0.15, 0.2) is 24.3 Å². The first kappa shape index (κ1) is 15.3. The van der Waals surface area contributed by atoms with Gasteiger partial charge in [-0.3, -0.25) is 0 Å². The smallest absolute Gasteiger partial charge is 0.160 e. The van der Waals surface area contributed by atoms with Gasteiger partial charge in [-0.25, -0.2) is 15.0 Å². The minimum Gasteiger partial charge on any atom is -0.384 e. The summed E-state index contributed by atoms with van der Waals surface area (Å²) in [5, 5.41) is 0. The molecule has 3 rings (SSSR count). The van der Waals surface area contributed by atoms with Crippen molar-refractivity contribution in [2.24, 2.45) is 5.41 Å². The molecule has 3 heterocycles. The third kappa shape index (κ3) is 3.11. The van der Waals surface area contributed by atoms with Crippen LogP contribution in [-0.4, -0.2) is 19.5 Å². The first-order chi connectivity index (χ1) is 10.7. The number of aromatic nitrogens is 4. The van der Waals surface area contributed by atoms with Gasteiger partial charge in [-0.15, -0.1) is 0 Å². The van der Waals surface area contributed by atoms with Crippen LogP contribution in [0.1, 0.15) is 26.6 Å². The molecule has 120 valence electrons. The molecule has 3 aromatic heterocycles. The Morgan fingerprint density at radius 2 is 1.65 bits per heavy atom. The lowest BCUT2D eigenvalue weighted by Crippen LogP contribution is -2.16. The molecular weight excluding hydrogens is 288 g/mol. The summed E-state index contributed by atoms with van der Waals surface area (Å²) < 4.78 is 2.16. The van der Waals surface area contributed by atoms with E-state index >= 15 is 0 Å². The monoisotopic (exact) mass is 310 g/mol. The Labute approximate surface area is 135 Å². The molecule has 6 heteroatoms. The number of imidazole rings is 1. The number of rotatable bonds is 2. The highest BCUT2D eigenvalue weighted by atomic mass is 15.1. The number of aryl methyl sites for hydroxylation is 1. The lowest BCUT2D eigenvalue weighted by Gasteiger charge is -2.20. The highest BCUT2D eigenvalue weighted by molar-refractivity contribution is 5.77. The van der Waals surface area contributed by atoms with E-state index in [1.807, 2.05) is 19.1 Å². The van der Waals surface area contributed by atoms with E-state index in [1.54, 1.807) is 12.1 Å². The molecule has 0 bridgehead atoms. The Bertz CT molecular complexity index is 852. The van der Waals surface area contributed by atoms with Crippen molar-refractivity contribution in [1.29, 1.82) is 0 Å². The Hall–Kier alpha value is -2.63. The maximum absolute atomic E-state index is 5.79. The van der Waals surface area contributed by atoms with Gasteiger partial charge in [0, 0.05) is 12.1 Å². The summed E-state index contributed by atoms with van der Waals surface area (Å²) in [4.78, 5) is 13.4. The summed E-state index contributed by atoms with van der Waals surface area (Å²) in [6.45, 7) is 9.47. The molecule has 0 radical (unpaired) electrons. The summed E-state index contributed by atoms with van der Waals surface area (Å²) in [5.41, 5.74) is 15.2. The topological polar surface area (TPSA) is 95.6 Å². The SMILES string of the molecule is Cc1nc2ccc(-c3cc(N)nc(N)c3)nc2n1CC(C)(C)C. The molecule has 4 N–H and O–H groups in total. The zero-order valence-electron chi connectivity index (χ0n) is 14.0. The zero-order chi connectivity index (χ0) is 16.8. The number of fused-ring (bicyclic) bond motifs is 1. The van der Waals surface area contributed by atoms with Gasteiger partial charge in [-0.2, -0.15) is 0 Å². The minimum atomic E-state index is 0.140. The maximum atomic E-state index is 5.79. The van der Waals surface area contributed by atoms with Gasteiger partial charge in [0.1, 0.15) is 23.0 Å². The van der Waals surface area contributed by atoms with Gasteiger partial charge in [-0.05, 0) is 36.6 Å². The van der Waals surface area contributed by atoms with E-state index in [1.165, 1.54) is 0 Å². The summed E-state index contributed by atoms with van der Waals surface area (Å²) in [5.74, 6) is 1.75. The van der Waals surface area contributed by atoms with Crippen molar-refractivity contribution in [3.05, 3.63) is 30.1 Å². The Balaban J connectivity index is 2.15. The van der Waals surface area contributed by atoms with Crippen LogP contribution in [0.2, 0.25) is 0 Å². The van der Waals surface area contributed by atoms with E-state index in [4.69, 9.17) is 16.5 Å². The Morgan fingerprint density at radius 1 is 1.00 bits per heavy atom. The third-order valence-electron chi connectivity index (χ3n) is 3.58. The van der Waals surface area contributed by atoms with Crippen LogP contribution < -0.4 is 11.5 Å². The fraction of sp³-hybridized carbons (Fsp3) is 0.353. The molecule has 0 atom stereocenters. The van der Waals surface area contributed by atoms with Gasteiger partial charge in [0.2, 0.25) is 0 Å². The third-order valence-corrected chi connectivity index (χ3v) is 3.58. The van der Waals surface area contributed by atoms with E-state index in [0.29, 0.717) is 11.6 Å². The quantitative estimate of drug-likeness (QED) is 0.758. The molecule has 0 aromatic carbocycles. The fourth-order valence-corrected chi connectivity index (χ4v) is 2.66. The molecular formula is C17H22N6. The average Bonchev–Trinajstić information content (AvgIpc) is 2.72. The number of nitrogen functional groups attached to an aromatic ring is 2. The number of hydrogen-bond donors (Lipinski definition) is 2. The van der Waals surface area contributed by atoms with Crippen molar-refractivity contribution < 1.29 is 0 Å². The van der Waals surface area contributed by atoms with Crippen LogP contribution in [0.25, 0.3) is 22.4 Å². The second-order valence-corrected chi connectivity index (χ2v) is 7.05. The van der Waals surface area contributed by atoms with Crippen LogP contribution in [0.3, 0.4) is 0 Å². The molecule has 0 saturated heterocycles. The first-order valence-corrected chi connectivity index (χ1v) is 7.60. The minimum absolute atomic E-state index is 0.140. The molecule has 0 aliphatic rings. The zero-order valence-corrected chi connectivity index (χ0v) is 14.0. The van der Waals surface area contributed by atoms with Crippen molar-refractivity contribution in [1.82, 2.24) is 19.5 Å². The standard InChI is InChI=1S/C17H22N6/c1-10-20-13-6-5-12(11-7-14(18)22-15(19)8-11)21-16(13)23(10)9-17(2,3)4/h5-8H,9H2,1-4H3,(H4,18,19,22). The predicted octanol–water partition coefficient (Wildman–Crippen LogP) is 3.01. The highest BCUT2D eigenvalue weighted by Crippen LogP contribution is 2.26. The van der Waals surface area contributed by atoms with Gasteiger partial charge in [0.25, 0.3) is 0 Å². The van der Waals surface area contributed by atoms with E-state index < -0.39 is 0 Å². The number of anilines is 2. The molecule has 0 amide bonds. The second-order valence-electron chi connectivity index (χ2n) is 7.05. The number of nitrogens with two attached hydrogens (primary N) is 2. The lowest BCUT2D eigenvalue weighted by molar-refractivity contribution is 0.344. The molecule has 0 aliphatic carbocycles. The van der Waals surface area contributed by atoms with Gasteiger partial charge in [0.15, 0.2) is 5.65 Å². The molecule has 0 unspecified atom stereocenters. The molecule has 0 aliphatic heterocycles. The van der Waals surface area contributed by atoms with Gasteiger partial charge in [-0.1, -0.05) is 20.8 Å². The van der Waals surface area contributed by atoms with E-state index in [-0.39, 0.29) is 5.41 Å². The van der Waals surface area contributed by atoms with Gasteiger partial charge >= 0.3 is 0 Å². The maximum Gasteiger partial charge on any atom is 0.160 e. The summed E-state index contributed by atoms with van der Waals surface area (Å²) in [6, 6.07) is 7.48. The largest absolute Gasteiger partial charge is 0.384 e. The summed E-state index contributed by atoms with van der Waals surface area (Å²) in [6.07, 6.45) is 0. The lowest BCUT2D eigenvalue weighted by atomic mass is 9.97. The fourth-order valence-electron chi connectivity index (χ4n) is 2.66. The van der Waals surface area contributed by atoms with Crippen LogP contribution in [0.4, 0.5) is 11.6 Å². The van der Waals surface area contributed by atoms with Crippen LogP contribution >= 0.6 is 0 Å². The highest BCUT2D eigenvalue weighted by Gasteiger charge is 2.17. The summed E-state index contributed by atoms with van der Waals surface area (Å²) in [7, 11) is 0. The molecule has 3 aromatic rings. The Morgan fingerprint density at radius 3 is 2.26 bits per heavy atom. The van der Waals surface area contributed by atoms with Gasteiger partial charge in [0.05, 0.1) is 5.69 Å². The molecule has 0 spiro atoms. The van der Waals surface area contributed by atoms with Gasteiger partial charge < -0.3 is 16.0 Å². The van der Waals surface area contributed by atoms with Crippen LogP contribution in [0.5, 0.6) is 0 Å². The molecule has 0 saturated carbocycles. The van der Waals surface area contributed by atoms with Crippen LogP contribution in [-0.2, 0) is 6.54 Å². The van der Waals surface area contributed by atoms with Crippen molar-refractivity contribution in [2.75, 3.05) is 11.5 Å². The van der Waals surface area contributed by atoms with Crippen molar-refractivity contribution in [3.63, 3.8) is 0 Å². The number of pyridine rings is 2. The van der Waals surface area contributed by atoms with Crippen LogP contribution in [0, 0.1) is 12.3 Å². The molecule has 6 nitrogen and oxygen atoms in total. The number of nitrogens with zero attached hydrogens (tertiary/aromatic N) is 4. The summed E-state index contributed by atoms with van der Waals surface area (Å²) >= 11 is 0. The second kappa shape index (κ2) is 5.22. The van der Waals surface area contributed by atoms with E-state index in [0.717, 1.165) is 34.8 Å². The van der Waals surface area contributed by atoms with Crippen molar-refractivity contribution >= 4 is 22.8 Å². The first-order valence-electron chi connectivity index (χ1n) is 7.60. The Kier molecular flexibility index (Phi) is 3.47. The van der Waals surface area contributed by atoms with Crippen molar-refractivity contribution in [3.8, 4) is 11.3 Å². The average molecular weight is 310 g/mol. The molecule has 23 heavy (non-hydrogen) atoms. The normalized spacial score (nSPS) is 12.0. The van der Waals surface area contributed by atoms with Crippen molar-refractivity contribution in [2.45, 2.75) is 34.2 Å². The molecule has 0 fully saturated rings.